The lowest BCUT2D eigenvalue weighted by Gasteiger charge is -2.51. The van der Waals surface area contributed by atoms with Crippen molar-refractivity contribution in [1.29, 1.82) is 0 Å². The summed E-state index contributed by atoms with van der Waals surface area (Å²) in [4.78, 5) is 4.94. The van der Waals surface area contributed by atoms with Gasteiger partial charge in [-0.3, -0.25) is 0 Å². The predicted octanol–water partition coefficient (Wildman–Crippen LogP) is 15.8. The van der Waals surface area contributed by atoms with Gasteiger partial charge in [0.05, 0.1) is 22.2 Å². The number of fused-ring (bicyclic) bond motifs is 5. The smallest absolute Gasteiger partial charge is 0.0748 e. The van der Waals surface area contributed by atoms with Crippen LogP contribution in [-0.4, -0.2) is 0 Å². The molecule has 2 atom stereocenters. The lowest BCUT2D eigenvalue weighted by Crippen LogP contribution is -2.45. The molecule has 9 aromatic carbocycles. The van der Waals surface area contributed by atoms with E-state index in [0.717, 1.165) is 40.6 Å². The minimum absolute atomic E-state index is 0.580. The third kappa shape index (κ3) is 5.81. The number of anilines is 5. The van der Waals surface area contributed by atoms with Crippen molar-refractivity contribution in [2.24, 2.45) is 0 Å². The van der Waals surface area contributed by atoms with Crippen molar-refractivity contribution < 1.29 is 0 Å². The van der Waals surface area contributed by atoms with Gasteiger partial charge < -0.3 is 9.80 Å². The number of hydrogen-bond donors (Lipinski definition) is 0. The molecule has 308 valence electrons. The SMILES string of the molecule is C1=CCC=C(N(c2ccccc2)c2ccccc2C2(c3ccccc3N(c3ccccc3)c3ccccc3)c3ccccc3C3(c4ccccc4)c4ccccc4-c4cccc2c43)C=C1. The van der Waals surface area contributed by atoms with Gasteiger partial charge >= 0.3 is 0 Å². The molecule has 0 spiro atoms. The van der Waals surface area contributed by atoms with E-state index in [-0.39, 0.29) is 0 Å². The molecule has 0 aromatic heterocycles. The summed E-state index contributed by atoms with van der Waals surface area (Å²) in [7, 11) is 0. The van der Waals surface area contributed by atoms with Crippen molar-refractivity contribution >= 4 is 28.4 Å². The zero-order valence-electron chi connectivity index (χ0n) is 36.0. The van der Waals surface area contributed by atoms with Crippen molar-refractivity contribution in [2.75, 3.05) is 9.80 Å². The molecular formula is C63H46N2. The van der Waals surface area contributed by atoms with Crippen LogP contribution >= 0.6 is 0 Å². The molecule has 2 nitrogen and oxygen atoms in total. The highest BCUT2D eigenvalue weighted by Crippen LogP contribution is 2.67. The predicted molar refractivity (Wildman–Crippen MR) is 270 cm³/mol. The second-order valence-corrected chi connectivity index (χ2v) is 17.0. The van der Waals surface area contributed by atoms with E-state index in [1.165, 1.54) is 55.6 Å². The van der Waals surface area contributed by atoms with Gasteiger partial charge in [0.2, 0.25) is 0 Å². The van der Waals surface area contributed by atoms with Gasteiger partial charge in [-0.2, -0.15) is 0 Å². The summed E-state index contributed by atoms with van der Waals surface area (Å²) < 4.78 is 0. The van der Waals surface area contributed by atoms with E-state index in [9.17, 15) is 0 Å². The molecule has 0 aliphatic heterocycles. The molecule has 0 saturated heterocycles. The maximum Gasteiger partial charge on any atom is 0.0748 e. The molecular weight excluding hydrogens is 785 g/mol. The Morgan fingerprint density at radius 3 is 1.38 bits per heavy atom. The van der Waals surface area contributed by atoms with Crippen molar-refractivity contribution in [1.82, 2.24) is 0 Å². The second kappa shape index (κ2) is 15.9. The molecule has 3 aliphatic carbocycles. The van der Waals surface area contributed by atoms with Crippen molar-refractivity contribution in [3.05, 3.63) is 317 Å². The second-order valence-electron chi connectivity index (χ2n) is 17.0. The summed E-state index contributed by atoms with van der Waals surface area (Å²) in [5.74, 6) is 0. The van der Waals surface area contributed by atoms with Crippen LogP contribution in [0.2, 0.25) is 0 Å². The average Bonchev–Trinajstić information content (AvgIpc) is 3.47. The number of benzene rings is 9. The Labute approximate surface area is 382 Å². The van der Waals surface area contributed by atoms with Crippen LogP contribution in [0.1, 0.15) is 50.9 Å². The molecule has 12 rings (SSSR count). The summed E-state index contributed by atoms with van der Waals surface area (Å²) >= 11 is 0. The summed E-state index contributed by atoms with van der Waals surface area (Å²) in [5.41, 5.74) is 17.9. The minimum Gasteiger partial charge on any atom is -0.310 e. The van der Waals surface area contributed by atoms with Gasteiger partial charge in [-0.25, -0.2) is 0 Å². The zero-order chi connectivity index (χ0) is 43.2. The highest BCUT2D eigenvalue weighted by Gasteiger charge is 2.58. The third-order valence-corrected chi connectivity index (χ3v) is 13.8. The van der Waals surface area contributed by atoms with Crippen LogP contribution in [0.25, 0.3) is 11.1 Å². The first-order chi connectivity index (χ1) is 32.3. The highest BCUT2D eigenvalue weighted by atomic mass is 15.2. The molecule has 0 saturated carbocycles. The molecule has 2 unspecified atom stereocenters. The first-order valence-electron chi connectivity index (χ1n) is 22.7. The maximum absolute atomic E-state index is 2.48. The average molecular weight is 831 g/mol. The quantitative estimate of drug-likeness (QED) is 0.143. The first-order valence-corrected chi connectivity index (χ1v) is 22.7. The van der Waals surface area contributed by atoms with Crippen LogP contribution < -0.4 is 9.80 Å². The summed E-state index contributed by atoms with van der Waals surface area (Å²) in [6.45, 7) is 0. The number of para-hydroxylation sites is 5. The Hall–Kier alpha value is -8.20. The maximum atomic E-state index is 2.48. The molecule has 9 aromatic rings. The van der Waals surface area contributed by atoms with Gasteiger partial charge in [-0.15, -0.1) is 0 Å². The number of hydrogen-bond acceptors (Lipinski definition) is 2. The Kier molecular flexibility index (Phi) is 9.39. The number of allylic oxidation sites excluding steroid dienone is 5. The minimum atomic E-state index is -0.864. The third-order valence-electron chi connectivity index (χ3n) is 13.8. The lowest BCUT2D eigenvalue weighted by molar-refractivity contribution is 0.627. The molecule has 0 amide bonds. The topological polar surface area (TPSA) is 6.48 Å². The lowest BCUT2D eigenvalue weighted by atomic mass is 9.51. The van der Waals surface area contributed by atoms with Crippen molar-refractivity contribution in [3.63, 3.8) is 0 Å². The highest BCUT2D eigenvalue weighted by molar-refractivity contribution is 5.94. The fraction of sp³-hybridized carbons (Fsp3) is 0.0476. The van der Waals surface area contributed by atoms with Gasteiger partial charge in [0.15, 0.2) is 0 Å². The van der Waals surface area contributed by atoms with Crippen LogP contribution in [0.3, 0.4) is 0 Å². The number of nitrogens with zero attached hydrogens (tertiary/aromatic N) is 2. The summed E-state index contributed by atoms with van der Waals surface area (Å²) in [6.07, 6.45) is 12.0. The Bertz CT molecular complexity index is 3260. The standard InChI is InChI=1S/C63H46N2/c1-2-10-29-47(28-9-1)64(48-30-11-4-12-31-48)59-44-23-21-41-56(59)63(57-42-22-24-45-60(57)65(49-32-13-5-14-33-49)50-34-15-6-16-35-50)55-40-20-19-39-54(55)62(46-26-7-3-8-27-46)53-38-18-17-36-51(53)52-37-25-43-58(63)61(52)62/h1-9,11-45H,10H2. The van der Waals surface area contributed by atoms with E-state index < -0.39 is 10.8 Å². The van der Waals surface area contributed by atoms with E-state index in [1.807, 2.05) is 0 Å². The Balaban J connectivity index is 1.29. The van der Waals surface area contributed by atoms with E-state index in [0.29, 0.717) is 0 Å². The molecule has 0 heterocycles. The molecule has 2 heteroatoms. The molecule has 0 radical (unpaired) electrons. The van der Waals surface area contributed by atoms with Gasteiger partial charge in [0, 0.05) is 22.8 Å². The van der Waals surface area contributed by atoms with Crippen LogP contribution in [-0.2, 0) is 10.8 Å². The van der Waals surface area contributed by atoms with Crippen LogP contribution in [0.5, 0.6) is 0 Å². The molecule has 0 bridgehead atoms. The van der Waals surface area contributed by atoms with E-state index >= 15 is 0 Å². The van der Waals surface area contributed by atoms with Gasteiger partial charge in [-0.1, -0.05) is 212 Å². The van der Waals surface area contributed by atoms with Crippen LogP contribution in [0, 0.1) is 0 Å². The fourth-order valence-corrected chi connectivity index (χ4v) is 11.4. The summed E-state index contributed by atoms with van der Waals surface area (Å²) in [6, 6.07) is 87.9. The molecule has 3 aliphatic rings. The van der Waals surface area contributed by atoms with Gasteiger partial charge in [0.25, 0.3) is 0 Å². The first kappa shape index (κ1) is 38.5. The summed E-state index contributed by atoms with van der Waals surface area (Å²) in [5, 5.41) is 0. The monoisotopic (exact) mass is 830 g/mol. The van der Waals surface area contributed by atoms with Crippen LogP contribution in [0.15, 0.2) is 273 Å². The Morgan fingerprint density at radius 2 is 0.769 bits per heavy atom. The van der Waals surface area contributed by atoms with Crippen LogP contribution in [0.4, 0.5) is 28.4 Å². The molecule has 0 N–H and O–H groups in total. The van der Waals surface area contributed by atoms with Gasteiger partial charge in [0.1, 0.15) is 0 Å². The van der Waals surface area contributed by atoms with E-state index in [2.05, 4.69) is 277 Å². The van der Waals surface area contributed by atoms with Crippen molar-refractivity contribution in [3.8, 4) is 11.1 Å². The number of rotatable bonds is 9. The largest absolute Gasteiger partial charge is 0.310 e. The molecule has 0 fully saturated rings. The normalized spacial score (nSPS) is 17.6. The Morgan fingerprint density at radius 1 is 0.323 bits per heavy atom. The van der Waals surface area contributed by atoms with Gasteiger partial charge in [-0.05, 0) is 117 Å². The fourth-order valence-electron chi connectivity index (χ4n) is 11.4. The zero-order valence-corrected chi connectivity index (χ0v) is 36.0. The molecule has 65 heavy (non-hydrogen) atoms. The van der Waals surface area contributed by atoms with E-state index in [4.69, 9.17) is 0 Å². The van der Waals surface area contributed by atoms with E-state index in [1.54, 1.807) is 0 Å². The van der Waals surface area contributed by atoms with Crippen molar-refractivity contribution in [2.45, 2.75) is 17.3 Å².